The van der Waals surface area contributed by atoms with Gasteiger partial charge >= 0.3 is 0 Å². The zero-order valence-corrected chi connectivity index (χ0v) is 51.9. The van der Waals surface area contributed by atoms with Crippen LogP contribution in [0.25, 0.3) is 0 Å². The molecule has 0 fully saturated rings. The maximum absolute atomic E-state index is 13.0. The molecule has 3 unspecified atom stereocenters. The molecule has 0 aromatic carbocycles. The standard InChI is InChI=1S/C67H127N2O6P/c1-6-8-10-12-14-16-18-20-22-24-26-28-30-31-32-33-34-35-36-37-39-40-42-44-46-48-50-52-54-56-58-60-66(70)65(64-75-76(72,73)74-63-62-69(3,4)5)68-67(71)61-59-57-55-53-51-49-47-45-43-41-38-29-27-25-23-21-19-17-15-13-11-9-7-2/h19,21,25,27,42,44,50,52,58,60,65-66,70H,6-18,20,22-24,26,28-41,43,45-49,51,53-57,59,61-64H2,1-5H3,(H-,68,71,72,73)/b21-19-,27-25-,44-42+,52-50+,60-58+. The van der Waals surface area contributed by atoms with Gasteiger partial charge in [0, 0.05) is 6.42 Å². The second-order valence-electron chi connectivity index (χ2n) is 23.4. The van der Waals surface area contributed by atoms with Gasteiger partial charge in [-0.1, -0.05) is 286 Å². The quantitative estimate of drug-likeness (QED) is 0.0272. The molecule has 0 aliphatic carbocycles. The van der Waals surface area contributed by atoms with Crippen LogP contribution in [0.3, 0.4) is 0 Å². The number of rotatable bonds is 60. The number of quaternary nitrogens is 1. The largest absolute Gasteiger partial charge is 0.756 e. The van der Waals surface area contributed by atoms with Crippen LogP contribution in [0.2, 0.25) is 0 Å². The Morgan fingerprint density at radius 2 is 0.776 bits per heavy atom. The Hall–Kier alpha value is -1.80. The third-order valence-electron chi connectivity index (χ3n) is 14.7. The summed E-state index contributed by atoms with van der Waals surface area (Å²) in [5.74, 6) is -0.212. The SMILES string of the molecule is CCCCCCC/C=C\C/C=C\CCCCCCCCCCCCCC(=O)NC(COP(=O)([O-])OCC[N+](C)(C)C)C(O)/C=C/CC/C=C/CC/C=C/CCCCCCCCCCCCCCCCCCCCCCC. The van der Waals surface area contributed by atoms with Gasteiger partial charge in [0.2, 0.25) is 5.91 Å². The van der Waals surface area contributed by atoms with E-state index in [1.54, 1.807) is 6.08 Å². The van der Waals surface area contributed by atoms with Gasteiger partial charge in [-0.3, -0.25) is 9.36 Å². The van der Waals surface area contributed by atoms with E-state index >= 15 is 0 Å². The fourth-order valence-electron chi connectivity index (χ4n) is 9.57. The van der Waals surface area contributed by atoms with E-state index in [4.69, 9.17) is 9.05 Å². The van der Waals surface area contributed by atoms with Crippen LogP contribution in [0, 0.1) is 0 Å². The molecule has 0 bridgehead atoms. The second kappa shape index (κ2) is 57.9. The van der Waals surface area contributed by atoms with Crippen molar-refractivity contribution in [3.8, 4) is 0 Å². The molecule has 0 saturated heterocycles. The van der Waals surface area contributed by atoms with Crippen LogP contribution in [0.5, 0.6) is 0 Å². The number of amides is 1. The number of aliphatic hydroxyl groups excluding tert-OH is 1. The lowest BCUT2D eigenvalue weighted by Crippen LogP contribution is -2.45. The molecule has 0 aromatic rings. The van der Waals surface area contributed by atoms with Crippen molar-refractivity contribution in [1.82, 2.24) is 5.32 Å². The molecule has 446 valence electrons. The summed E-state index contributed by atoms with van der Waals surface area (Å²) in [6.07, 6.45) is 79.0. The van der Waals surface area contributed by atoms with Gasteiger partial charge in [-0.05, 0) is 77.0 Å². The zero-order chi connectivity index (χ0) is 55.6. The number of allylic oxidation sites excluding steroid dienone is 9. The van der Waals surface area contributed by atoms with E-state index in [-0.39, 0.29) is 12.5 Å². The molecule has 0 heterocycles. The van der Waals surface area contributed by atoms with Crippen LogP contribution in [0.1, 0.15) is 309 Å². The average molecular weight is 1090 g/mol. The number of aliphatic hydroxyl groups is 1. The third kappa shape index (κ3) is 59.9. The number of phosphoric acid groups is 1. The van der Waals surface area contributed by atoms with Crippen LogP contribution in [-0.4, -0.2) is 68.5 Å². The van der Waals surface area contributed by atoms with E-state index in [1.807, 2.05) is 27.2 Å². The lowest BCUT2D eigenvalue weighted by molar-refractivity contribution is -0.870. The molecule has 2 N–H and O–H groups in total. The number of nitrogens with zero attached hydrogens (tertiary/aromatic N) is 1. The number of hydrogen-bond donors (Lipinski definition) is 2. The Kier molecular flexibility index (Phi) is 56.5. The minimum atomic E-state index is -4.62. The maximum atomic E-state index is 13.0. The number of hydrogen-bond acceptors (Lipinski definition) is 6. The first kappa shape index (κ1) is 74.2. The van der Waals surface area contributed by atoms with E-state index in [1.165, 1.54) is 238 Å². The molecule has 0 radical (unpaired) electrons. The van der Waals surface area contributed by atoms with E-state index in [0.29, 0.717) is 17.4 Å². The molecule has 76 heavy (non-hydrogen) atoms. The van der Waals surface area contributed by atoms with Crippen LogP contribution >= 0.6 is 7.82 Å². The Balaban J connectivity index is 4.18. The molecule has 0 aromatic heterocycles. The minimum absolute atomic E-state index is 0.0107. The number of nitrogens with one attached hydrogen (secondary N) is 1. The van der Waals surface area contributed by atoms with Crippen LogP contribution in [0.4, 0.5) is 0 Å². The average Bonchev–Trinajstić information content (AvgIpc) is 3.38. The first-order valence-corrected chi connectivity index (χ1v) is 34.1. The lowest BCUT2D eigenvalue weighted by atomic mass is 10.0. The predicted molar refractivity (Wildman–Crippen MR) is 330 cm³/mol. The number of carbonyl (C=O) groups is 1. The number of likely N-dealkylation sites (N-methyl/N-ethyl adjacent to an activating group) is 1. The minimum Gasteiger partial charge on any atom is -0.756 e. The molecule has 0 aliphatic rings. The predicted octanol–water partition coefficient (Wildman–Crippen LogP) is 19.8. The molecule has 0 aliphatic heterocycles. The van der Waals surface area contributed by atoms with Gasteiger partial charge in [0.05, 0.1) is 39.9 Å². The molecule has 3 atom stereocenters. The van der Waals surface area contributed by atoms with Crippen molar-refractivity contribution in [2.75, 3.05) is 40.9 Å². The first-order valence-electron chi connectivity index (χ1n) is 32.7. The monoisotopic (exact) mass is 1090 g/mol. The summed E-state index contributed by atoms with van der Waals surface area (Å²) in [4.78, 5) is 25.6. The van der Waals surface area contributed by atoms with E-state index in [9.17, 15) is 19.4 Å². The lowest BCUT2D eigenvalue weighted by Gasteiger charge is -2.29. The molecular weight excluding hydrogens is 960 g/mol. The Morgan fingerprint density at radius 3 is 1.14 bits per heavy atom. The van der Waals surface area contributed by atoms with Crippen molar-refractivity contribution in [2.24, 2.45) is 0 Å². The highest BCUT2D eigenvalue weighted by molar-refractivity contribution is 7.45. The Morgan fingerprint density at radius 1 is 0.461 bits per heavy atom. The zero-order valence-electron chi connectivity index (χ0n) is 51.0. The van der Waals surface area contributed by atoms with Gasteiger partial charge in [0.15, 0.2) is 0 Å². The third-order valence-corrected chi connectivity index (χ3v) is 15.6. The molecular formula is C67H127N2O6P. The van der Waals surface area contributed by atoms with Gasteiger partial charge in [0.25, 0.3) is 7.82 Å². The normalized spacial score (nSPS) is 14.1. The van der Waals surface area contributed by atoms with E-state index in [0.717, 1.165) is 51.4 Å². The van der Waals surface area contributed by atoms with Gasteiger partial charge in [-0.25, -0.2) is 0 Å². The van der Waals surface area contributed by atoms with Crippen LogP contribution in [-0.2, 0) is 18.4 Å². The van der Waals surface area contributed by atoms with Crippen molar-refractivity contribution < 1.29 is 32.9 Å². The number of unbranched alkanes of at least 4 members (excludes halogenated alkanes) is 39. The van der Waals surface area contributed by atoms with Gasteiger partial charge in [0.1, 0.15) is 13.2 Å². The molecule has 0 spiro atoms. The van der Waals surface area contributed by atoms with E-state index in [2.05, 4.69) is 67.8 Å². The summed E-state index contributed by atoms with van der Waals surface area (Å²) in [5.41, 5.74) is 0. The van der Waals surface area contributed by atoms with Crippen LogP contribution < -0.4 is 10.2 Å². The van der Waals surface area contributed by atoms with E-state index < -0.39 is 26.6 Å². The molecule has 1 amide bonds. The summed E-state index contributed by atoms with van der Waals surface area (Å²) in [5, 5.41) is 13.9. The second-order valence-corrected chi connectivity index (χ2v) is 24.9. The summed E-state index contributed by atoms with van der Waals surface area (Å²) in [7, 11) is 1.24. The summed E-state index contributed by atoms with van der Waals surface area (Å²) in [6.45, 7) is 4.64. The molecule has 9 heteroatoms. The summed E-state index contributed by atoms with van der Waals surface area (Å²) >= 11 is 0. The molecule has 8 nitrogen and oxygen atoms in total. The fourth-order valence-corrected chi connectivity index (χ4v) is 10.3. The highest BCUT2D eigenvalue weighted by Crippen LogP contribution is 2.38. The molecule has 0 rings (SSSR count). The summed E-state index contributed by atoms with van der Waals surface area (Å²) < 4.78 is 23.4. The highest BCUT2D eigenvalue weighted by atomic mass is 31.2. The maximum Gasteiger partial charge on any atom is 0.268 e. The van der Waals surface area contributed by atoms with Crippen molar-refractivity contribution in [3.63, 3.8) is 0 Å². The van der Waals surface area contributed by atoms with Crippen molar-refractivity contribution in [2.45, 2.75) is 321 Å². The smallest absolute Gasteiger partial charge is 0.268 e. The highest BCUT2D eigenvalue weighted by Gasteiger charge is 2.23. The fraction of sp³-hybridized carbons (Fsp3) is 0.836. The topological polar surface area (TPSA) is 108 Å². The van der Waals surface area contributed by atoms with Crippen molar-refractivity contribution in [3.05, 3.63) is 60.8 Å². The number of carbonyl (C=O) groups excluding carboxylic acids is 1. The van der Waals surface area contributed by atoms with Gasteiger partial charge in [-0.2, -0.15) is 0 Å². The molecule has 0 saturated carbocycles. The van der Waals surface area contributed by atoms with Gasteiger partial charge < -0.3 is 28.8 Å². The van der Waals surface area contributed by atoms with Gasteiger partial charge in [-0.15, -0.1) is 0 Å². The first-order chi connectivity index (χ1) is 37.0. The Labute approximate surface area is 472 Å². The van der Waals surface area contributed by atoms with Crippen molar-refractivity contribution in [1.29, 1.82) is 0 Å². The summed E-state index contributed by atoms with van der Waals surface area (Å²) in [6, 6.07) is -0.915. The Bertz CT molecular complexity index is 1420. The van der Waals surface area contributed by atoms with Crippen LogP contribution in [0.15, 0.2) is 60.8 Å². The van der Waals surface area contributed by atoms with Crippen molar-refractivity contribution >= 4 is 13.7 Å². The number of phosphoric ester groups is 1.